The quantitative estimate of drug-likeness (QED) is 0.640. The maximum Gasteiger partial charge on any atom is 0.265 e. The molecule has 0 saturated heterocycles. The van der Waals surface area contributed by atoms with Crippen LogP contribution in [0.3, 0.4) is 0 Å². The fourth-order valence-electron chi connectivity index (χ4n) is 1.61. The molecule has 0 saturated carbocycles. The lowest BCUT2D eigenvalue weighted by Gasteiger charge is -2.28. The zero-order valence-corrected chi connectivity index (χ0v) is 9.69. The van der Waals surface area contributed by atoms with E-state index >= 15 is 0 Å². The van der Waals surface area contributed by atoms with Crippen LogP contribution in [0, 0.1) is 0 Å². The minimum absolute atomic E-state index is 0.0116. The van der Waals surface area contributed by atoms with E-state index in [1.54, 1.807) is 4.90 Å². The minimum atomic E-state index is -0.0116. The Labute approximate surface area is 100 Å². The van der Waals surface area contributed by atoms with Gasteiger partial charge in [-0.1, -0.05) is 24.3 Å². The largest absolute Gasteiger partial charge is 0.482 e. The highest BCUT2D eigenvalue weighted by Crippen LogP contribution is 2.31. The van der Waals surface area contributed by atoms with E-state index in [1.807, 2.05) is 36.4 Å². The number of para-hydroxylation sites is 2. The van der Waals surface area contributed by atoms with Crippen molar-refractivity contribution in [2.75, 3.05) is 23.8 Å². The second kappa shape index (κ2) is 5.07. The molecular formula is C12H13NO2S. The molecule has 1 aliphatic rings. The van der Waals surface area contributed by atoms with Crippen molar-refractivity contribution >= 4 is 24.2 Å². The fourth-order valence-corrected chi connectivity index (χ4v) is 1.76. The lowest BCUT2D eigenvalue weighted by molar-refractivity contribution is -0.121. The number of carbonyl (C=O) groups excluding carboxylic acids is 1. The van der Waals surface area contributed by atoms with Gasteiger partial charge in [0.05, 0.1) is 5.69 Å². The molecule has 1 heterocycles. The van der Waals surface area contributed by atoms with Crippen LogP contribution in [0.1, 0.15) is 0 Å². The number of nitrogens with zero attached hydrogens (tertiary/aromatic N) is 1. The average molecular weight is 235 g/mol. The van der Waals surface area contributed by atoms with Crippen molar-refractivity contribution in [3.63, 3.8) is 0 Å². The molecule has 1 aliphatic heterocycles. The monoisotopic (exact) mass is 235 g/mol. The summed E-state index contributed by atoms with van der Waals surface area (Å²) >= 11 is 4.08. The first-order valence-corrected chi connectivity index (χ1v) is 5.74. The zero-order chi connectivity index (χ0) is 11.4. The van der Waals surface area contributed by atoms with Gasteiger partial charge in [0.1, 0.15) is 5.75 Å². The van der Waals surface area contributed by atoms with Gasteiger partial charge in [-0.2, -0.15) is 12.6 Å². The highest BCUT2D eigenvalue weighted by atomic mass is 32.1. The number of ether oxygens (including phenoxy) is 1. The summed E-state index contributed by atoms with van der Waals surface area (Å²) in [6.45, 7) is 0.686. The Kier molecular flexibility index (Phi) is 3.51. The molecule has 0 atom stereocenters. The SMILES string of the molecule is O=C1COc2ccccc2N1CC=CCS. The Morgan fingerprint density at radius 3 is 3.00 bits per heavy atom. The van der Waals surface area contributed by atoms with Crippen LogP contribution in [0.5, 0.6) is 5.75 Å². The number of amides is 1. The van der Waals surface area contributed by atoms with E-state index in [-0.39, 0.29) is 12.5 Å². The third-order valence-electron chi connectivity index (χ3n) is 2.37. The summed E-state index contributed by atoms with van der Waals surface area (Å²) in [4.78, 5) is 13.4. The number of carbonyl (C=O) groups is 1. The van der Waals surface area contributed by atoms with Gasteiger partial charge in [0.2, 0.25) is 0 Å². The maximum absolute atomic E-state index is 11.7. The number of hydrogen-bond acceptors (Lipinski definition) is 3. The van der Waals surface area contributed by atoms with Crippen molar-refractivity contribution in [2.24, 2.45) is 0 Å². The van der Waals surface area contributed by atoms with E-state index in [0.29, 0.717) is 12.3 Å². The average Bonchev–Trinajstić information content (AvgIpc) is 2.32. The van der Waals surface area contributed by atoms with Crippen LogP contribution in [0.4, 0.5) is 5.69 Å². The van der Waals surface area contributed by atoms with Crippen LogP contribution in [-0.4, -0.2) is 24.8 Å². The summed E-state index contributed by atoms with van der Waals surface area (Å²) < 4.78 is 5.34. The molecule has 0 spiro atoms. The molecule has 0 aromatic heterocycles. The normalized spacial score (nSPS) is 15.1. The summed E-state index contributed by atoms with van der Waals surface area (Å²) in [5.41, 5.74) is 0.836. The van der Waals surface area contributed by atoms with Crippen molar-refractivity contribution in [3.8, 4) is 5.75 Å². The number of rotatable bonds is 3. The lowest BCUT2D eigenvalue weighted by Crippen LogP contribution is -2.38. The number of anilines is 1. The molecule has 2 rings (SSSR count). The molecule has 0 aliphatic carbocycles. The van der Waals surface area contributed by atoms with Crippen LogP contribution in [-0.2, 0) is 4.79 Å². The summed E-state index contributed by atoms with van der Waals surface area (Å²) in [5, 5.41) is 0. The van der Waals surface area contributed by atoms with Gasteiger partial charge in [0.15, 0.2) is 6.61 Å². The third kappa shape index (κ3) is 2.22. The molecule has 0 bridgehead atoms. The van der Waals surface area contributed by atoms with Crippen molar-refractivity contribution < 1.29 is 9.53 Å². The zero-order valence-electron chi connectivity index (χ0n) is 8.80. The van der Waals surface area contributed by atoms with Gasteiger partial charge in [0.25, 0.3) is 5.91 Å². The van der Waals surface area contributed by atoms with E-state index in [0.717, 1.165) is 11.4 Å². The van der Waals surface area contributed by atoms with Crippen LogP contribution in [0.15, 0.2) is 36.4 Å². The first-order valence-electron chi connectivity index (χ1n) is 5.11. The molecule has 0 N–H and O–H groups in total. The van der Waals surface area contributed by atoms with Gasteiger partial charge in [0, 0.05) is 12.3 Å². The molecule has 3 nitrogen and oxygen atoms in total. The smallest absolute Gasteiger partial charge is 0.265 e. The van der Waals surface area contributed by atoms with Crippen molar-refractivity contribution in [3.05, 3.63) is 36.4 Å². The molecule has 16 heavy (non-hydrogen) atoms. The van der Waals surface area contributed by atoms with Crippen molar-refractivity contribution in [1.82, 2.24) is 0 Å². The van der Waals surface area contributed by atoms with Gasteiger partial charge in [-0.15, -0.1) is 0 Å². The van der Waals surface area contributed by atoms with Crippen LogP contribution < -0.4 is 9.64 Å². The predicted octanol–water partition coefficient (Wildman–Crippen LogP) is 1.90. The maximum atomic E-state index is 11.7. The standard InChI is InChI=1S/C12H13NO2S/c14-12-9-15-11-6-2-1-5-10(11)13(12)7-3-4-8-16/h1-6,16H,7-9H2. The second-order valence-electron chi connectivity index (χ2n) is 3.41. The summed E-state index contributed by atoms with van der Waals surface area (Å²) in [5.74, 6) is 1.43. The molecule has 1 aromatic rings. The highest BCUT2D eigenvalue weighted by Gasteiger charge is 2.23. The van der Waals surface area contributed by atoms with Crippen LogP contribution >= 0.6 is 12.6 Å². The molecule has 1 aromatic carbocycles. The number of fused-ring (bicyclic) bond motifs is 1. The number of thiol groups is 1. The van der Waals surface area contributed by atoms with Gasteiger partial charge in [-0.05, 0) is 12.1 Å². The summed E-state index contributed by atoms with van der Waals surface area (Å²) in [7, 11) is 0. The minimum Gasteiger partial charge on any atom is -0.482 e. The third-order valence-corrected chi connectivity index (χ3v) is 2.58. The Hall–Kier alpha value is -1.42. The Morgan fingerprint density at radius 1 is 1.38 bits per heavy atom. The van der Waals surface area contributed by atoms with E-state index in [2.05, 4.69) is 12.6 Å². The van der Waals surface area contributed by atoms with Gasteiger partial charge in [-0.25, -0.2) is 0 Å². The van der Waals surface area contributed by atoms with E-state index < -0.39 is 0 Å². The lowest BCUT2D eigenvalue weighted by atomic mass is 10.2. The Morgan fingerprint density at radius 2 is 2.19 bits per heavy atom. The van der Waals surface area contributed by atoms with Crippen molar-refractivity contribution in [1.29, 1.82) is 0 Å². The molecule has 1 amide bonds. The van der Waals surface area contributed by atoms with E-state index in [4.69, 9.17) is 4.74 Å². The molecule has 0 radical (unpaired) electrons. The van der Waals surface area contributed by atoms with Crippen molar-refractivity contribution in [2.45, 2.75) is 0 Å². The Bertz CT molecular complexity index is 417. The van der Waals surface area contributed by atoms with Gasteiger partial charge in [-0.3, -0.25) is 4.79 Å². The first-order chi connectivity index (χ1) is 7.83. The summed E-state index contributed by atoms with van der Waals surface area (Å²) in [6.07, 6.45) is 3.86. The molecule has 0 unspecified atom stereocenters. The second-order valence-corrected chi connectivity index (χ2v) is 3.78. The van der Waals surface area contributed by atoms with Crippen LogP contribution in [0.25, 0.3) is 0 Å². The molecule has 84 valence electrons. The summed E-state index contributed by atoms with van der Waals surface area (Å²) in [6, 6.07) is 7.56. The number of benzene rings is 1. The van der Waals surface area contributed by atoms with Gasteiger partial charge >= 0.3 is 0 Å². The molecule has 4 heteroatoms. The number of hydrogen-bond donors (Lipinski definition) is 1. The molecular weight excluding hydrogens is 222 g/mol. The van der Waals surface area contributed by atoms with E-state index in [9.17, 15) is 4.79 Å². The van der Waals surface area contributed by atoms with Gasteiger partial charge < -0.3 is 9.64 Å². The van der Waals surface area contributed by atoms with Crippen LogP contribution in [0.2, 0.25) is 0 Å². The molecule has 0 fully saturated rings. The fraction of sp³-hybridized carbons (Fsp3) is 0.250. The Balaban J connectivity index is 2.23. The highest BCUT2D eigenvalue weighted by molar-refractivity contribution is 7.80. The first kappa shape index (κ1) is 11.1. The van der Waals surface area contributed by atoms with E-state index in [1.165, 1.54) is 0 Å². The topological polar surface area (TPSA) is 29.5 Å². The predicted molar refractivity (Wildman–Crippen MR) is 67.3 cm³/mol.